The number of carbonyl (C=O) groups is 2. The van der Waals surface area contributed by atoms with Crippen LogP contribution in [0.4, 0.5) is 0 Å². The second-order valence-electron chi connectivity index (χ2n) is 14.9. The lowest BCUT2D eigenvalue weighted by atomic mass is 9.45. The van der Waals surface area contributed by atoms with Crippen LogP contribution in [0.3, 0.4) is 0 Å². The number of aliphatic hydroxyl groups excluding tert-OH is 2. The van der Waals surface area contributed by atoms with Crippen molar-refractivity contribution in [3.8, 4) is 0 Å². The Morgan fingerprint density at radius 2 is 1.69 bits per heavy atom. The average Bonchev–Trinajstić information content (AvgIpc) is 3.20. The molecule has 1 aromatic rings. The third-order valence-electron chi connectivity index (χ3n) is 11.8. The standard InChI is InChI=1S/C34H48O8/c1-30(2,39)14-13-28(42-29(38)20-9-7-6-8-10-20)33(5,40)27-12-16-34(41)22-17-24(35)23-18-25(36)26(37)19-31(23,3)21(22)11-15-32(27,34)4/h6-10,17,21,23,25-28,36-37,39-41H,11-16,18-19H2,1-5H3/t21-,23+,25+,26+,27-,28-,31+,32+,33+,34+/m0/s1. The normalized spacial score (nSPS) is 40.2. The van der Waals surface area contributed by atoms with Gasteiger partial charge in [-0.15, -0.1) is 0 Å². The van der Waals surface area contributed by atoms with Crippen LogP contribution in [0, 0.1) is 28.6 Å². The van der Waals surface area contributed by atoms with Crippen LogP contribution >= 0.6 is 0 Å². The van der Waals surface area contributed by atoms with Crippen LogP contribution in [-0.4, -0.2) is 72.4 Å². The molecule has 3 fully saturated rings. The first-order chi connectivity index (χ1) is 19.4. The Hall–Kier alpha value is -2.10. The van der Waals surface area contributed by atoms with Crippen LogP contribution in [0.2, 0.25) is 0 Å². The molecule has 0 bridgehead atoms. The Bertz CT molecular complexity index is 1230. The highest BCUT2D eigenvalue weighted by Crippen LogP contribution is 2.68. The summed E-state index contributed by atoms with van der Waals surface area (Å²) < 4.78 is 6.00. The summed E-state index contributed by atoms with van der Waals surface area (Å²) in [7, 11) is 0. The van der Waals surface area contributed by atoms with Crippen molar-refractivity contribution in [1.29, 1.82) is 0 Å². The van der Waals surface area contributed by atoms with Gasteiger partial charge in [0, 0.05) is 11.3 Å². The van der Waals surface area contributed by atoms with Crippen molar-refractivity contribution >= 4 is 11.8 Å². The number of rotatable bonds is 7. The molecule has 42 heavy (non-hydrogen) atoms. The van der Waals surface area contributed by atoms with E-state index < -0.39 is 63.8 Å². The van der Waals surface area contributed by atoms with Crippen LogP contribution < -0.4 is 0 Å². The molecule has 10 atom stereocenters. The molecule has 0 unspecified atom stereocenters. The molecule has 0 spiro atoms. The fourth-order valence-corrected chi connectivity index (χ4v) is 9.26. The fraction of sp³-hybridized carbons (Fsp3) is 0.706. The summed E-state index contributed by atoms with van der Waals surface area (Å²) in [5, 5.41) is 56.3. The molecule has 0 aromatic heterocycles. The van der Waals surface area contributed by atoms with Gasteiger partial charge in [0.2, 0.25) is 0 Å². The van der Waals surface area contributed by atoms with Gasteiger partial charge in [0.05, 0.1) is 29.0 Å². The predicted molar refractivity (Wildman–Crippen MR) is 156 cm³/mol. The smallest absolute Gasteiger partial charge is 0.338 e. The minimum atomic E-state index is -1.54. The lowest BCUT2D eigenvalue weighted by molar-refractivity contribution is -0.177. The van der Waals surface area contributed by atoms with Gasteiger partial charge < -0.3 is 30.3 Å². The third kappa shape index (κ3) is 4.97. The number of allylic oxidation sites excluding steroid dienone is 1. The Labute approximate surface area is 248 Å². The SMILES string of the molecule is CC(C)(O)CC[C@H](OC(=O)c1ccccc1)[C@](C)(O)[C@H]1CC[C@@]2(O)C3=CC(=O)[C@H]4C[C@@H](O)[C@H](O)C[C@]4(C)[C@H]3CC[C@]12C. The maximum absolute atomic E-state index is 13.5. The van der Waals surface area contributed by atoms with Crippen molar-refractivity contribution in [3.63, 3.8) is 0 Å². The molecular formula is C34H48O8. The topological polar surface area (TPSA) is 145 Å². The lowest BCUT2D eigenvalue weighted by Gasteiger charge is -2.60. The van der Waals surface area contributed by atoms with Gasteiger partial charge in [-0.25, -0.2) is 4.79 Å². The largest absolute Gasteiger partial charge is 0.456 e. The molecule has 4 aliphatic carbocycles. The number of hydrogen-bond acceptors (Lipinski definition) is 8. The number of hydrogen-bond donors (Lipinski definition) is 5. The second-order valence-corrected chi connectivity index (χ2v) is 14.9. The zero-order chi connectivity index (χ0) is 30.9. The van der Waals surface area contributed by atoms with E-state index in [1.165, 1.54) is 0 Å². The molecule has 1 aromatic carbocycles. The van der Waals surface area contributed by atoms with Crippen molar-refractivity contribution in [3.05, 3.63) is 47.5 Å². The Morgan fingerprint density at radius 3 is 2.33 bits per heavy atom. The number of ether oxygens (including phenoxy) is 1. The molecule has 4 aliphatic rings. The van der Waals surface area contributed by atoms with Crippen molar-refractivity contribution in [2.75, 3.05) is 0 Å². The molecule has 5 rings (SSSR count). The van der Waals surface area contributed by atoms with Crippen molar-refractivity contribution in [1.82, 2.24) is 0 Å². The number of esters is 1. The third-order valence-corrected chi connectivity index (χ3v) is 11.8. The van der Waals surface area contributed by atoms with Gasteiger partial charge in [-0.1, -0.05) is 32.0 Å². The predicted octanol–water partition coefficient (Wildman–Crippen LogP) is 3.72. The summed E-state index contributed by atoms with van der Waals surface area (Å²) in [4.78, 5) is 26.7. The summed E-state index contributed by atoms with van der Waals surface area (Å²) in [5.41, 5.74) is -4.30. The van der Waals surface area contributed by atoms with Gasteiger partial charge >= 0.3 is 5.97 Å². The maximum atomic E-state index is 13.5. The minimum Gasteiger partial charge on any atom is -0.456 e. The first kappa shape index (κ1) is 31.3. The van der Waals surface area contributed by atoms with Crippen LogP contribution in [0.15, 0.2) is 42.0 Å². The average molecular weight is 585 g/mol. The van der Waals surface area contributed by atoms with Crippen molar-refractivity contribution in [2.45, 2.75) is 121 Å². The van der Waals surface area contributed by atoms with Gasteiger partial charge in [0.25, 0.3) is 0 Å². The fourth-order valence-electron chi connectivity index (χ4n) is 9.26. The van der Waals surface area contributed by atoms with E-state index in [4.69, 9.17) is 4.74 Å². The van der Waals surface area contributed by atoms with E-state index in [1.54, 1.807) is 57.2 Å². The zero-order valence-corrected chi connectivity index (χ0v) is 25.5. The first-order valence-electron chi connectivity index (χ1n) is 15.5. The Morgan fingerprint density at radius 1 is 1.02 bits per heavy atom. The van der Waals surface area contributed by atoms with E-state index >= 15 is 0 Å². The molecule has 3 saturated carbocycles. The monoisotopic (exact) mass is 584 g/mol. The zero-order valence-electron chi connectivity index (χ0n) is 25.5. The van der Waals surface area contributed by atoms with Crippen LogP contribution in [0.1, 0.15) is 96.3 Å². The van der Waals surface area contributed by atoms with Gasteiger partial charge in [-0.2, -0.15) is 0 Å². The summed E-state index contributed by atoms with van der Waals surface area (Å²) >= 11 is 0. The number of benzene rings is 1. The van der Waals surface area contributed by atoms with Crippen LogP contribution in [0.5, 0.6) is 0 Å². The van der Waals surface area contributed by atoms with Crippen molar-refractivity contribution < 1.29 is 39.9 Å². The minimum absolute atomic E-state index is 0.123. The molecule has 0 heterocycles. The quantitative estimate of drug-likeness (QED) is 0.305. The summed E-state index contributed by atoms with van der Waals surface area (Å²) in [6.07, 6.45) is 1.84. The van der Waals surface area contributed by atoms with E-state index in [0.717, 1.165) is 0 Å². The number of fused-ring (bicyclic) bond motifs is 5. The highest BCUT2D eigenvalue weighted by atomic mass is 16.6. The van der Waals surface area contributed by atoms with E-state index in [1.807, 2.05) is 13.8 Å². The molecule has 8 heteroatoms. The molecule has 0 amide bonds. The summed E-state index contributed by atoms with van der Waals surface area (Å²) in [5.74, 6) is -1.70. The van der Waals surface area contributed by atoms with E-state index in [2.05, 4.69) is 0 Å². The molecule has 8 nitrogen and oxygen atoms in total. The highest BCUT2D eigenvalue weighted by molar-refractivity contribution is 5.95. The maximum Gasteiger partial charge on any atom is 0.338 e. The van der Waals surface area contributed by atoms with E-state index in [9.17, 15) is 35.1 Å². The molecular weight excluding hydrogens is 536 g/mol. The summed E-state index contributed by atoms with van der Waals surface area (Å²) in [6, 6.07) is 8.60. The van der Waals surface area contributed by atoms with Gasteiger partial charge in [-0.3, -0.25) is 4.79 Å². The highest BCUT2D eigenvalue weighted by Gasteiger charge is 2.69. The molecule has 232 valence electrons. The Balaban J connectivity index is 1.48. The second kappa shape index (κ2) is 10.5. The molecule has 0 radical (unpaired) electrons. The number of aliphatic hydroxyl groups is 5. The van der Waals surface area contributed by atoms with Crippen LogP contribution in [-0.2, 0) is 9.53 Å². The summed E-state index contributed by atoms with van der Waals surface area (Å²) in [6.45, 7) is 9.00. The van der Waals surface area contributed by atoms with Crippen molar-refractivity contribution in [2.24, 2.45) is 28.6 Å². The molecule has 0 aliphatic heterocycles. The van der Waals surface area contributed by atoms with E-state index in [0.29, 0.717) is 43.2 Å². The Kier molecular flexibility index (Phi) is 7.84. The first-order valence-corrected chi connectivity index (χ1v) is 15.5. The van der Waals surface area contributed by atoms with E-state index in [-0.39, 0.29) is 31.0 Å². The molecule has 0 saturated heterocycles. The van der Waals surface area contributed by atoms with Gasteiger partial charge in [0.1, 0.15) is 11.7 Å². The number of carbonyl (C=O) groups excluding carboxylic acids is 2. The number of ketones is 1. The van der Waals surface area contributed by atoms with Gasteiger partial charge in [0.15, 0.2) is 5.78 Å². The van der Waals surface area contributed by atoms with Crippen LogP contribution in [0.25, 0.3) is 0 Å². The lowest BCUT2D eigenvalue weighted by Crippen LogP contribution is -2.63. The molecule has 5 N–H and O–H groups in total. The van der Waals surface area contributed by atoms with Gasteiger partial charge in [-0.05, 0) is 113 Å².